The number of fused-ring (bicyclic) bond motifs is 1. The average molecular weight is 270 g/mol. The maximum Gasteiger partial charge on any atom is 0.340 e. The molecule has 6 heteroatoms. The van der Waals surface area contributed by atoms with Crippen LogP contribution in [0.5, 0.6) is 5.88 Å². The highest BCUT2D eigenvalue weighted by Crippen LogP contribution is 2.27. The summed E-state index contributed by atoms with van der Waals surface area (Å²) >= 11 is 0. The molecule has 0 fully saturated rings. The Balaban J connectivity index is 2.16. The normalized spacial score (nSPS) is 10.8. The predicted octanol–water partition coefficient (Wildman–Crippen LogP) is 2.10. The van der Waals surface area contributed by atoms with Crippen LogP contribution in [0.15, 0.2) is 35.1 Å². The van der Waals surface area contributed by atoms with Gasteiger partial charge < -0.3 is 4.74 Å². The number of hydrogen-bond acceptors (Lipinski definition) is 4. The van der Waals surface area contributed by atoms with Crippen LogP contribution >= 0.6 is 0 Å². The molecule has 0 aliphatic heterocycles. The minimum Gasteiger partial charge on any atom is -0.477 e. The molecule has 2 aromatic heterocycles. The lowest BCUT2D eigenvalue weighted by molar-refractivity contribution is 0.309. The molecule has 3 aromatic rings. The number of pyridine rings is 1. The molecule has 0 bridgehead atoms. The van der Waals surface area contributed by atoms with E-state index in [2.05, 4.69) is 20.2 Å². The molecule has 0 atom stereocenters. The minimum absolute atomic E-state index is 0.356. The van der Waals surface area contributed by atoms with E-state index in [1.807, 2.05) is 37.3 Å². The Morgan fingerprint density at radius 1 is 1.30 bits per heavy atom. The lowest BCUT2D eigenvalue weighted by Crippen LogP contribution is -2.01. The van der Waals surface area contributed by atoms with Crippen molar-refractivity contribution < 1.29 is 4.74 Å². The molecule has 2 N–H and O–H groups in total. The van der Waals surface area contributed by atoms with Crippen molar-refractivity contribution in [2.45, 2.75) is 13.3 Å². The molecule has 0 saturated carbocycles. The topological polar surface area (TPSA) is 83.7 Å². The van der Waals surface area contributed by atoms with E-state index in [0.717, 1.165) is 17.2 Å². The largest absolute Gasteiger partial charge is 0.477 e. The predicted molar refractivity (Wildman–Crippen MR) is 75.7 cm³/mol. The van der Waals surface area contributed by atoms with Crippen LogP contribution in [0.4, 0.5) is 0 Å². The first kappa shape index (κ1) is 12.4. The summed E-state index contributed by atoms with van der Waals surface area (Å²) in [6.45, 7) is 2.63. The van der Waals surface area contributed by atoms with Crippen molar-refractivity contribution in [1.29, 1.82) is 0 Å². The second-order valence-electron chi connectivity index (χ2n) is 4.41. The highest BCUT2D eigenvalue weighted by atomic mass is 16.5. The van der Waals surface area contributed by atoms with Gasteiger partial charge in [-0.1, -0.05) is 25.1 Å². The number of H-pyrrole nitrogens is 2. The number of nitrogens with zero attached hydrogens (tertiary/aromatic N) is 2. The summed E-state index contributed by atoms with van der Waals surface area (Å²) in [5.74, 6) is 0.964. The molecule has 0 aliphatic carbocycles. The van der Waals surface area contributed by atoms with Crippen LogP contribution in [-0.4, -0.2) is 26.8 Å². The third kappa shape index (κ3) is 2.27. The van der Waals surface area contributed by atoms with Gasteiger partial charge in [0.2, 0.25) is 5.88 Å². The second-order valence-corrected chi connectivity index (χ2v) is 4.41. The first-order valence-electron chi connectivity index (χ1n) is 6.45. The van der Waals surface area contributed by atoms with Crippen LogP contribution in [0.3, 0.4) is 0 Å². The lowest BCUT2D eigenvalue weighted by atomic mass is 10.1. The zero-order valence-corrected chi connectivity index (χ0v) is 11.0. The van der Waals surface area contributed by atoms with Crippen molar-refractivity contribution in [1.82, 2.24) is 20.2 Å². The van der Waals surface area contributed by atoms with Gasteiger partial charge in [-0.3, -0.25) is 4.98 Å². The highest BCUT2D eigenvalue weighted by Gasteiger charge is 2.10. The zero-order valence-electron chi connectivity index (χ0n) is 11.0. The van der Waals surface area contributed by atoms with Crippen molar-refractivity contribution >= 4 is 10.8 Å². The number of aromatic nitrogens is 4. The molecule has 0 aliphatic rings. The summed E-state index contributed by atoms with van der Waals surface area (Å²) in [5, 5.41) is 8.18. The molecule has 0 saturated heterocycles. The van der Waals surface area contributed by atoms with Crippen molar-refractivity contribution in [3.63, 3.8) is 0 Å². The molecule has 1 aromatic carbocycles. The molecule has 0 amide bonds. The van der Waals surface area contributed by atoms with Crippen molar-refractivity contribution in [2.24, 2.45) is 0 Å². The van der Waals surface area contributed by atoms with Crippen molar-refractivity contribution in [3.05, 3.63) is 40.8 Å². The molecular formula is C14H14N4O2. The summed E-state index contributed by atoms with van der Waals surface area (Å²) in [4.78, 5) is 18.2. The quantitative estimate of drug-likeness (QED) is 0.760. The number of hydrogen-bond donors (Lipinski definition) is 2. The molecule has 102 valence electrons. The molecule has 0 unspecified atom stereocenters. The second kappa shape index (κ2) is 5.16. The number of aromatic amines is 2. The van der Waals surface area contributed by atoms with Crippen LogP contribution in [0, 0.1) is 0 Å². The van der Waals surface area contributed by atoms with Gasteiger partial charge in [0.25, 0.3) is 0 Å². The van der Waals surface area contributed by atoms with Crippen LogP contribution in [-0.2, 0) is 0 Å². The lowest BCUT2D eigenvalue weighted by Gasteiger charge is -2.09. The smallest absolute Gasteiger partial charge is 0.340 e. The molecule has 20 heavy (non-hydrogen) atoms. The molecule has 6 nitrogen and oxygen atoms in total. The number of ether oxygens (including phenoxy) is 1. The zero-order chi connectivity index (χ0) is 13.9. The van der Waals surface area contributed by atoms with E-state index < -0.39 is 0 Å². The van der Waals surface area contributed by atoms with Gasteiger partial charge in [0, 0.05) is 5.39 Å². The van der Waals surface area contributed by atoms with Gasteiger partial charge in [0.05, 0.1) is 6.61 Å². The summed E-state index contributed by atoms with van der Waals surface area (Å²) in [6, 6.07) is 9.71. The van der Waals surface area contributed by atoms with Crippen LogP contribution in [0.1, 0.15) is 13.3 Å². The van der Waals surface area contributed by atoms with Crippen molar-refractivity contribution in [2.75, 3.05) is 6.61 Å². The summed E-state index contributed by atoms with van der Waals surface area (Å²) < 4.78 is 5.70. The number of nitrogens with one attached hydrogen (secondary N) is 2. The van der Waals surface area contributed by atoms with E-state index in [0.29, 0.717) is 24.0 Å². The van der Waals surface area contributed by atoms with E-state index in [-0.39, 0.29) is 5.69 Å². The van der Waals surface area contributed by atoms with Crippen molar-refractivity contribution in [3.8, 4) is 17.4 Å². The van der Waals surface area contributed by atoms with Gasteiger partial charge in [-0.05, 0) is 23.9 Å². The third-order valence-electron chi connectivity index (χ3n) is 2.89. The summed E-state index contributed by atoms with van der Waals surface area (Å²) in [6.07, 6.45) is 0.902. The Kier molecular flexibility index (Phi) is 3.20. The van der Waals surface area contributed by atoms with Gasteiger partial charge in [-0.15, -0.1) is 0 Å². The van der Waals surface area contributed by atoms with Gasteiger partial charge in [0.15, 0.2) is 5.82 Å². The van der Waals surface area contributed by atoms with Gasteiger partial charge in [-0.25, -0.2) is 14.9 Å². The molecule has 3 rings (SSSR count). The molecular weight excluding hydrogens is 256 g/mol. The van der Waals surface area contributed by atoms with E-state index in [4.69, 9.17) is 4.74 Å². The SMILES string of the molecule is CCCOc1nc(-c2n[nH]c(=O)[nH]2)cc2ccccc12. The average Bonchev–Trinajstić information content (AvgIpc) is 2.91. The minimum atomic E-state index is -0.356. The van der Waals surface area contributed by atoms with Crippen LogP contribution in [0.2, 0.25) is 0 Å². The number of benzene rings is 1. The Hall–Kier alpha value is -2.63. The van der Waals surface area contributed by atoms with E-state index in [1.165, 1.54) is 0 Å². The van der Waals surface area contributed by atoms with Gasteiger partial charge in [0.1, 0.15) is 5.69 Å². The van der Waals surface area contributed by atoms with Crippen LogP contribution in [0.25, 0.3) is 22.3 Å². The summed E-state index contributed by atoms with van der Waals surface area (Å²) in [5.41, 5.74) is 0.221. The molecule has 0 radical (unpaired) electrons. The molecule has 0 spiro atoms. The Morgan fingerprint density at radius 2 is 2.15 bits per heavy atom. The standard InChI is InChI=1S/C14H14N4O2/c1-2-7-20-13-10-6-4-3-5-9(10)8-11(15-13)12-16-14(19)18-17-12/h3-6,8H,2,7H2,1H3,(H2,16,17,18,19). The maximum atomic E-state index is 11.2. The van der Waals surface area contributed by atoms with Crippen LogP contribution < -0.4 is 10.4 Å². The Morgan fingerprint density at radius 3 is 2.90 bits per heavy atom. The highest BCUT2D eigenvalue weighted by molar-refractivity contribution is 5.89. The first-order valence-corrected chi connectivity index (χ1v) is 6.45. The molecule has 2 heterocycles. The fourth-order valence-electron chi connectivity index (χ4n) is 1.99. The van der Waals surface area contributed by atoms with E-state index >= 15 is 0 Å². The number of rotatable bonds is 4. The van der Waals surface area contributed by atoms with Gasteiger partial charge >= 0.3 is 5.69 Å². The fraction of sp³-hybridized carbons (Fsp3) is 0.214. The van der Waals surface area contributed by atoms with Gasteiger partial charge in [-0.2, -0.15) is 5.10 Å². The Bertz CT molecular complexity index is 791. The third-order valence-corrected chi connectivity index (χ3v) is 2.89. The maximum absolute atomic E-state index is 11.2. The van der Waals surface area contributed by atoms with E-state index in [1.54, 1.807) is 0 Å². The fourth-order valence-corrected chi connectivity index (χ4v) is 1.99. The summed E-state index contributed by atoms with van der Waals surface area (Å²) in [7, 11) is 0. The first-order chi connectivity index (χ1) is 9.78. The monoisotopic (exact) mass is 270 g/mol. The Labute approximate surface area is 114 Å². The van der Waals surface area contributed by atoms with E-state index in [9.17, 15) is 4.79 Å².